The fraction of sp³-hybridized carbons (Fsp3) is 0.419. The summed E-state index contributed by atoms with van der Waals surface area (Å²) in [6.07, 6.45) is 8.29. The van der Waals surface area contributed by atoms with Crippen molar-refractivity contribution in [1.82, 2.24) is 34.3 Å². The monoisotopic (exact) mass is 602 g/mol. The fourth-order valence-electron chi connectivity index (χ4n) is 5.88. The SMILES string of the molecule is CCCC(=O)c1cnn(-c2ccc(NC(=O)c3cn(CC(=O)N4CCN(C5CCC5)CC4)c4ccc(Cl)cc34)nn2)c1C. The van der Waals surface area contributed by atoms with Crippen molar-refractivity contribution in [2.75, 3.05) is 31.5 Å². The van der Waals surface area contributed by atoms with Crippen LogP contribution in [0.4, 0.5) is 5.82 Å². The maximum atomic E-state index is 13.4. The highest BCUT2D eigenvalue weighted by Gasteiger charge is 2.29. The van der Waals surface area contributed by atoms with Crippen LogP contribution in [0.25, 0.3) is 16.7 Å². The zero-order chi connectivity index (χ0) is 30.1. The maximum Gasteiger partial charge on any atom is 0.259 e. The van der Waals surface area contributed by atoms with Crippen molar-refractivity contribution in [2.45, 2.75) is 58.5 Å². The largest absolute Gasteiger partial charge is 0.339 e. The molecule has 2 fully saturated rings. The number of anilines is 1. The lowest BCUT2D eigenvalue weighted by Crippen LogP contribution is -2.54. The van der Waals surface area contributed by atoms with Gasteiger partial charge in [-0.2, -0.15) is 5.10 Å². The van der Waals surface area contributed by atoms with Crippen molar-refractivity contribution in [3.8, 4) is 5.82 Å². The molecule has 1 N–H and O–H groups in total. The van der Waals surface area contributed by atoms with Gasteiger partial charge < -0.3 is 14.8 Å². The van der Waals surface area contributed by atoms with Gasteiger partial charge in [-0.05, 0) is 56.5 Å². The van der Waals surface area contributed by atoms with Gasteiger partial charge in [-0.3, -0.25) is 19.3 Å². The smallest absolute Gasteiger partial charge is 0.259 e. The molecule has 2 amide bonds. The van der Waals surface area contributed by atoms with E-state index in [0.29, 0.717) is 45.5 Å². The summed E-state index contributed by atoms with van der Waals surface area (Å²) in [6.45, 7) is 7.16. The molecule has 0 spiro atoms. The number of rotatable bonds is 9. The summed E-state index contributed by atoms with van der Waals surface area (Å²) in [6, 6.07) is 9.31. The Morgan fingerprint density at radius 1 is 1.02 bits per heavy atom. The highest BCUT2D eigenvalue weighted by atomic mass is 35.5. The summed E-state index contributed by atoms with van der Waals surface area (Å²) >= 11 is 6.30. The van der Waals surface area contributed by atoms with E-state index in [1.807, 2.05) is 29.4 Å². The number of amides is 2. The molecule has 11 nitrogen and oxygen atoms in total. The Morgan fingerprint density at radius 3 is 2.49 bits per heavy atom. The summed E-state index contributed by atoms with van der Waals surface area (Å²) in [5, 5.41) is 16.6. The van der Waals surface area contributed by atoms with Crippen LogP contribution in [0.15, 0.2) is 42.7 Å². The number of Topliss-reactive ketones (excluding diaryl/α,β-unsaturated/α-hetero) is 1. The molecule has 12 heteroatoms. The molecule has 0 bridgehead atoms. The zero-order valence-electron chi connectivity index (χ0n) is 24.4. The van der Waals surface area contributed by atoms with Gasteiger partial charge in [0, 0.05) is 60.8 Å². The van der Waals surface area contributed by atoms with Crippen LogP contribution in [0.3, 0.4) is 0 Å². The minimum atomic E-state index is -0.391. The number of benzene rings is 1. The van der Waals surface area contributed by atoms with E-state index in [4.69, 9.17) is 11.6 Å². The Morgan fingerprint density at radius 2 is 1.81 bits per heavy atom. The minimum Gasteiger partial charge on any atom is -0.339 e. The van der Waals surface area contributed by atoms with Crippen LogP contribution in [0.2, 0.25) is 5.02 Å². The molecule has 224 valence electrons. The molecule has 0 radical (unpaired) electrons. The lowest BCUT2D eigenvalue weighted by molar-refractivity contribution is -0.134. The van der Waals surface area contributed by atoms with Crippen molar-refractivity contribution in [3.63, 3.8) is 0 Å². The number of ketones is 1. The number of piperazine rings is 1. The van der Waals surface area contributed by atoms with Gasteiger partial charge >= 0.3 is 0 Å². The summed E-state index contributed by atoms with van der Waals surface area (Å²) in [7, 11) is 0. The number of halogens is 1. The van der Waals surface area contributed by atoms with Crippen LogP contribution >= 0.6 is 11.6 Å². The van der Waals surface area contributed by atoms with Crippen LogP contribution in [-0.4, -0.2) is 84.2 Å². The first-order valence-electron chi connectivity index (χ1n) is 14.9. The molecule has 4 aromatic rings. The fourth-order valence-corrected chi connectivity index (χ4v) is 6.05. The molecule has 1 aromatic carbocycles. The molecule has 2 aliphatic rings. The normalized spacial score (nSPS) is 15.9. The lowest BCUT2D eigenvalue weighted by Gasteiger charge is -2.43. The summed E-state index contributed by atoms with van der Waals surface area (Å²) < 4.78 is 3.37. The van der Waals surface area contributed by atoms with E-state index in [1.165, 1.54) is 19.3 Å². The predicted molar refractivity (Wildman–Crippen MR) is 164 cm³/mol. The number of aromatic nitrogens is 5. The van der Waals surface area contributed by atoms with E-state index in [1.54, 1.807) is 41.3 Å². The van der Waals surface area contributed by atoms with Crippen LogP contribution in [0.5, 0.6) is 0 Å². The van der Waals surface area contributed by atoms with Gasteiger partial charge in [0.05, 0.1) is 23.0 Å². The van der Waals surface area contributed by atoms with E-state index in [2.05, 4.69) is 25.5 Å². The summed E-state index contributed by atoms with van der Waals surface area (Å²) in [5.74, 6) is 0.362. The number of carbonyl (C=O) groups is 3. The van der Waals surface area contributed by atoms with Crippen LogP contribution < -0.4 is 5.32 Å². The topological polar surface area (TPSA) is 118 Å². The van der Waals surface area contributed by atoms with E-state index < -0.39 is 5.91 Å². The van der Waals surface area contributed by atoms with E-state index in [9.17, 15) is 14.4 Å². The Hall–Kier alpha value is -4.09. The molecule has 6 rings (SSSR count). The molecule has 4 heterocycles. The first kappa shape index (κ1) is 29.0. The van der Waals surface area contributed by atoms with E-state index in [-0.39, 0.29) is 24.1 Å². The van der Waals surface area contributed by atoms with Gasteiger partial charge in [-0.25, -0.2) is 4.68 Å². The number of fused-ring (bicyclic) bond motifs is 1. The Bertz CT molecular complexity index is 1670. The third-order valence-corrected chi connectivity index (χ3v) is 8.78. The molecular weight excluding hydrogens is 568 g/mol. The molecule has 3 aromatic heterocycles. The zero-order valence-corrected chi connectivity index (χ0v) is 25.2. The second kappa shape index (κ2) is 12.3. The lowest BCUT2D eigenvalue weighted by atomic mass is 9.91. The molecule has 1 aliphatic carbocycles. The number of nitrogens with one attached hydrogen (secondary N) is 1. The Balaban J connectivity index is 1.16. The van der Waals surface area contributed by atoms with Gasteiger partial charge in [0.2, 0.25) is 5.91 Å². The average molecular weight is 603 g/mol. The second-order valence-electron chi connectivity index (χ2n) is 11.3. The molecule has 0 atom stereocenters. The first-order valence-corrected chi connectivity index (χ1v) is 15.2. The molecule has 43 heavy (non-hydrogen) atoms. The maximum absolute atomic E-state index is 13.4. The molecule has 1 saturated heterocycles. The number of nitrogens with zero attached hydrogens (tertiary/aromatic N) is 7. The highest BCUT2D eigenvalue weighted by Crippen LogP contribution is 2.28. The summed E-state index contributed by atoms with van der Waals surface area (Å²) in [4.78, 5) is 43.5. The number of hydrogen-bond donors (Lipinski definition) is 1. The van der Waals surface area contributed by atoms with Crippen molar-refractivity contribution in [2.24, 2.45) is 0 Å². The molecule has 1 aliphatic heterocycles. The van der Waals surface area contributed by atoms with Gasteiger partial charge in [0.15, 0.2) is 17.4 Å². The van der Waals surface area contributed by atoms with E-state index >= 15 is 0 Å². The number of carbonyl (C=O) groups excluding carboxylic acids is 3. The van der Waals surface area contributed by atoms with Crippen LogP contribution in [0, 0.1) is 6.92 Å². The van der Waals surface area contributed by atoms with Crippen molar-refractivity contribution in [1.29, 1.82) is 0 Å². The van der Waals surface area contributed by atoms with Crippen molar-refractivity contribution < 1.29 is 14.4 Å². The van der Waals surface area contributed by atoms with E-state index in [0.717, 1.165) is 38.1 Å². The highest BCUT2D eigenvalue weighted by molar-refractivity contribution is 6.31. The van der Waals surface area contributed by atoms with Gasteiger partial charge in [-0.15, -0.1) is 10.2 Å². The van der Waals surface area contributed by atoms with Crippen molar-refractivity contribution >= 4 is 45.9 Å². The Labute approximate surface area is 254 Å². The second-order valence-corrected chi connectivity index (χ2v) is 11.7. The van der Waals surface area contributed by atoms with Gasteiger partial charge in [-0.1, -0.05) is 24.9 Å². The quantitative estimate of drug-likeness (QED) is 0.280. The molecular formula is C31H35ClN8O3. The van der Waals surface area contributed by atoms with Gasteiger partial charge in [0.1, 0.15) is 6.54 Å². The number of hydrogen-bond acceptors (Lipinski definition) is 7. The van der Waals surface area contributed by atoms with Crippen LogP contribution in [-0.2, 0) is 11.3 Å². The molecule has 0 unspecified atom stereocenters. The average Bonchev–Trinajstić information content (AvgIpc) is 3.53. The predicted octanol–water partition coefficient (Wildman–Crippen LogP) is 4.51. The van der Waals surface area contributed by atoms with Crippen LogP contribution in [0.1, 0.15) is 65.4 Å². The minimum absolute atomic E-state index is 0.0296. The van der Waals surface area contributed by atoms with Gasteiger partial charge in [0.25, 0.3) is 5.91 Å². The summed E-state index contributed by atoms with van der Waals surface area (Å²) in [5.41, 5.74) is 2.38. The third-order valence-electron chi connectivity index (χ3n) is 8.55. The molecule has 1 saturated carbocycles. The standard InChI is InChI=1S/C31H35ClN8O3/c1-3-5-27(41)24-17-33-40(20(24)2)29-11-10-28(35-36-29)34-31(43)25-18-39(26-9-8-21(32)16-23(25)26)19-30(42)38-14-12-37(13-15-38)22-6-4-7-22/h8-11,16-18,22H,3-7,12-15,19H2,1-2H3,(H,34,35,43). The Kier molecular flexibility index (Phi) is 8.27. The third kappa shape index (κ3) is 5.92. The van der Waals surface area contributed by atoms with Crippen molar-refractivity contribution in [3.05, 3.63) is 64.6 Å². The first-order chi connectivity index (χ1) is 20.8.